The second kappa shape index (κ2) is 4.92. The Hall–Kier alpha value is -1.95. The minimum absolute atomic E-state index is 0.234. The third kappa shape index (κ3) is 2.79. The lowest BCUT2D eigenvalue weighted by molar-refractivity contribution is 0.189. The Balaban J connectivity index is 2.08. The fourth-order valence-electron chi connectivity index (χ4n) is 1.48. The molecule has 6 heteroatoms. The van der Waals surface area contributed by atoms with Crippen LogP contribution in [-0.2, 0) is 13.7 Å². The second-order valence-corrected chi connectivity index (χ2v) is 3.70. The van der Waals surface area contributed by atoms with Crippen molar-refractivity contribution in [3.8, 4) is 5.75 Å². The van der Waals surface area contributed by atoms with Crippen molar-refractivity contribution in [3.63, 3.8) is 0 Å². The largest absolute Gasteiger partial charge is 0.485 e. The quantitative estimate of drug-likeness (QED) is 0.848. The van der Waals surface area contributed by atoms with Crippen molar-refractivity contribution in [1.82, 2.24) is 20.2 Å². The number of tetrazole rings is 1. The standard InChI is InChI=1S/C11H14N4O2/c1-8(16)9-5-3-4-6-10(9)17-7-11-12-14-15(2)13-11/h3-6,8,16H,7H2,1-2H3/t8-/m1/s1. The molecular formula is C11H14N4O2. The summed E-state index contributed by atoms with van der Waals surface area (Å²) in [7, 11) is 1.69. The molecule has 17 heavy (non-hydrogen) atoms. The maximum absolute atomic E-state index is 9.58. The monoisotopic (exact) mass is 234 g/mol. The van der Waals surface area contributed by atoms with Crippen LogP contribution in [0.3, 0.4) is 0 Å². The molecule has 2 aromatic rings. The summed E-state index contributed by atoms with van der Waals surface area (Å²) in [4.78, 5) is 1.37. The van der Waals surface area contributed by atoms with E-state index in [4.69, 9.17) is 4.74 Å². The summed E-state index contributed by atoms with van der Waals surface area (Å²) in [6, 6.07) is 7.34. The molecule has 0 aliphatic heterocycles. The number of benzene rings is 1. The Morgan fingerprint density at radius 3 is 2.82 bits per heavy atom. The number of aliphatic hydroxyl groups excluding tert-OH is 1. The highest BCUT2D eigenvalue weighted by Crippen LogP contribution is 2.24. The summed E-state index contributed by atoms with van der Waals surface area (Å²) < 4.78 is 5.56. The van der Waals surface area contributed by atoms with Gasteiger partial charge in [0.05, 0.1) is 13.2 Å². The van der Waals surface area contributed by atoms with Crippen LogP contribution in [0.2, 0.25) is 0 Å². The van der Waals surface area contributed by atoms with Crippen molar-refractivity contribution in [2.45, 2.75) is 19.6 Å². The summed E-state index contributed by atoms with van der Waals surface area (Å²) in [5.41, 5.74) is 0.747. The first-order valence-electron chi connectivity index (χ1n) is 5.29. The minimum atomic E-state index is -0.569. The van der Waals surface area contributed by atoms with E-state index in [2.05, 4.69) is 15.4 Å². The number of hydrogen-bond acceptors (Lipinski definition) is 5. The molecule has 0 spiro atoms. The van der Waals surface area contributed by atoms with Crippen LogP contribution in [0, 0.1) is 0 Å². The smallest absolute Gasteiger partial charge is 0.212 e. The Bertz CT molecular complexity index is 496. The molecule has 0 amide bonds. The number of aliphatic hydroxyl groups is 1. The van der Waals surface area contributed by atoms with Crippen LogP contribution in [0.4, 0.5) is 0 Å². The topological polar surface area (TPSA) is 73.1 Å². The third-order valence-electron chi connectivity index (χ3n) is 2.28. The number of nitrogens with zero attached hydrogens (tertiary/aromatic N) is 4. The maximum atomic E-state index is 9.58. The fourth-order valence-corrected chi connectivity index (χ4v) is 1.48. The highest BCUT2D eigenvalue weighted by Gasteiger charge is 2.09. The lowest BCUT2D eigenvalue weighted by Crippen LogP contribution is -2.02. The van der Waals surface area contributed by atoms with Crippen molar-refractivity contribution in [2.24, 2.45) is 7.05 Å². The lowest BCUT2D eigenvalue weighted by Gasteiger charge is -2.11. The van der Waals surface area contributed by atoms with Gasteiger partial charge < -0.3 is 9.84 Å². The van der Waals surface area contributed by atoms with Gasteiger partial charge in [-0.3, -0.25) is 0 Å². The van der Waals surface area contributed by atoms with E-state index >= 15 is 0 Å². The lowest BCUT2D eigenvalue weighted by atomic mass is 10.1. The number of para-hydroxylation sites is 1. The minimum Gasteiger partial charge on any atom is -0.485 e. The molecule has 0 fully saturated rings. The summed E-state index contributed by atoms with van der Waals surface area (Å²) in [5, 5.41) is 21.1. The van der Waals surface area contributed by atoms with Crippen LogP contribution >= 0.6 is 0 Å². The van der Waals surface area contributed by atoms with E-state index in [-0.39, 0.29) is 6.61 Å². The summed E-state index contributed by atoms with van der Waals surface area (Å²) in [6.45, 7) is 1.93. The van der Waals surface area contributed by atoms with E-state index < -0.39 is 6.10 Å². The number of aromatic nitrogens is 4. The molecule has 1 aromatic carbocycles. The van der Waals surface area contributed by atoms with Crippen molar-refractivity contribution in [3.05, 3.63) is 35.7 Å². The Labute approximate surface area is 98.8 Å². The molecule has 0 aliphatic carbocycles. The molecule has 2 rings (SSSR count). The molecule has 90 valence electrons. The number of rotatable bonds is 4. The van der Waals surface area contributed by atoms with Crippen LogP contribution < -0.4 is 4.74 Å². The molecule has 0 radical (unpaired) electrons. The van der Waals surface area contributed by atoms with Gasteiger partial charge in [0.2, 0.25) is 5.82 Å². The SMILES string of the molecule is C[C@@H](O)c1ccccc1OCc1nnn(C)n1. The first-order chi connectivity index (χ1) is 8.16. The molecule has 0 bridgehead atoms. The maximum Gasteiger partial charge on any atom is 0.212 e. The van der Waals surface area contributed by atoms with Crippen molar-refractivity contribution in [1.29, 1.82) is 0 Å². The second-order valence-electron chi connectivity index (χ2n) is 3.70. The average Bonchev–Trinajstić information content (AvgIpc) is 2.73. The van der Waals surface area contributed by atoms with Gasteiger partial charge in [-0.1, -0.05) is 18.2 Å². The van der Waals surface area contributed by atoms with E-state index in [1.165, 1.54) is 4.80 Å². The number of hydrogen-bond donors (Lipinski definition) is 1. The molecule has 1 aromatic heterocycles. The summed E-state index contributed by atoms with van der Waals surface area (Å²) in [5.74, 6) is 1.14. The normalized spacial score (nSPS) is 12.4. The van der Waals surface area contributed by atoms with Crippen LogP contribution in [-0.4, -0.2) is 25.3 Å². The molecular weight excluding hydrogens is 220 g/mol. The number of aryl methyl sites for hydroxylation is 1. The fraction of sp³-hybridized carbons (Fsp3) is 0.364. The van der Waals surface area contributed by atoms with Gasteiger partial charge in [-0.2, -0.15) is 4.80 Å². The Morgan fingerprint density at radius 2 is 2.18 bits per heavy atom. The van der Waals surface area contributed by atoms with Crippen LogP contribution in [0.5, 0.6) is 5.75 Å². The predicted molar refractivity (Wildman–Crippen MR) is 60.2 cm³/mol. The molecule has 6 nitrogen and oxygen atoms in total. The van der Waals surface area contributed by atoms with E-state index in [0.717, 1.165) is 5.56 Å². The van der Waals surface area contributed by atoms with Crippen LogP contribution in [0.1, 0.15) is 24.4 Å². The zero-order valence-corrected chi connectivity index (χ0v) is 9.74. The molecule has 1 atom stereocenters. The first-order valence-corrected chi connectivity index (χ1v) is 5.29. The first kappa shape index (κ1) is 11.5. The van der Waals surface area contributed by atoms with Gasteiger partial charge in [-0.25, -0.2) is 0 Å². The third-order valence-corrected chi connectivity index (χ3v) is 2.28. The van der Waals surface area contributed by atoms with Gasteiger partial charge in [0.15, 0.2) is 6.61 Å². The molecule has 0 saturated carbocycles. The Morgan fingerprint density at radius 1 is 1.41 bits per heavy atom. The van der Waals surface area contributed by atoms with Gasteiger partial charge in [0.25, 0.3) is 0 Å². The zero-order chi connectivity index (χ0) is 12.3. The van der Waals surface area contributed by atoms with E-state index in [0.29, 0.717) is 11.6 Å². The Kier molecular flexibility index (Phi) is 3.34. The summed E-state index contributed by atoms with van der Waals surface area (Å²) in [6.07, 6.45) is -0.569. The van der Waals surface area contributed by atoms with Crippen molar-refractivity contribution >= 4 is 0 Å². The van der Waals surface area contributed by atoms with Crippen molar-refractivity contribution < 1.29 is 9.84 Å². The van der Waals surface area contributed by atoms with Gasteiger partial charge >= 0.3 is 0 Å². The van der Waals surface area contributed by atoms with Gasteiger partial charge in [-0.15, -0.1) is 10.2 Å². The zero-order valence-electron chi connectivity index (χ0n) is 9.74. The molecule has 0 aliphatic rings. The molecule has 0 saturated heterocycles. The molecule has 0 unspecified atom stereocenters. The average molecular weight is 234 g/mol. The molecule has 1 N–H and O–H groups in total. The van der Waals surface area contributed by atoms with E-state index in [9.17, 15) is 5.11 Å². The van der Waals surface area contributed by atoms with Gasteiger partial charge in [-0.05, 0) is 18.2 Å². The van der Waals surface area contributed by atoms with Gasteiger partial charge in [0.1, 0.15) is 5.75 Å². The van der Waals surface area contributed by atoms with Crippen LogP contribution in [0.25, 0.3) is 0 Å². The highest BCUT2D eigenvalue weighted by molar-refractivity contribution is 5.34. The van der Waals surface area contributed by atoms with E-state index in [1.54, 1.807) is 20.0 Å². The van der Waals surface area contributed by atoms with Gasteiger partial charge in [0, 0.05) is 5.56 Å². The van der Waals surface area contributed by atoms with E-state index in [1.807, 2.05) is 18.2 Å². The van der Waals surface area contributed by atoms with Crippen molar-refractivity contribution in [2.75, 3.05) is 0 Å². The number of ether oxygens (including phenoxy) is 1. The summed E-state index contributed by atoms with van der Waals surface area (Å²) >= 11 is 0. The highest BCUT2D eigenvalue weighted by atomic mass is 16.5. The van der Waals surface area contributed by atoms with Crippen LogP contribution in [0.15, 0.2) is 24.3 Å². The molecule has 1 heterocycles. The predicted octanol–water partition coefficient (Wildman–Crippen LogP) is 0.842.